The third-order valence-electron chi connectivity index (χ3n) is 1.95. The van der Waals surface area contributed by atoms with Crippen molar-refractivity contribution in [3.05, 3.63) is 16.1 Å². The van der Waals surface area contributed by atoms with Crippen LogP contribution in [0.1, 0.15) is 28.5 Å². The molecule has 0 aliphatic rings. The second kappa shape index (κ2) is 5.61. The largest absolute Gasteiger partial charge is 0.344 e. The number of alkyl halides is 4. The average molecular weight is 285 g/mol. The first-order valence-electron chi connectivity index (χ1n) is 4.89. The van der Waals surface area contributed by atoms with Crippen molar-refractivity contribution >= 4 is 17.2 Å². The molecule has 102 valence electrons. The standard InChI is InChI=1S/C9H11F4N3OS/c1-4(14)7-16-5(2-18-7)6(17)15-3-9(12,13)8(10)11/h2,4,8H,3,14H2,1H3,(H,15,17). The molecule has 1 aromatic rings. The zero-order valence-corrected chi connectivity index (χ0v) is 10.1. The van der Waals surface area contributed by atoms with Crippen LogP contribution in [0.25, 0.3) is 0 Å². The number of nitrogens with one attached hydrogen (secondary N) is 1. The summed E-state index contributed by atoms with van der Waals surface area (Å²) in [6.45, 7) is 0.208. The Hall–Kier alpha value is -1.22. The summed E-state index contributed by atoms with van der Waals surface area (Å²) in [6.07, 6.45) is -3.83. The van der Waals surface area contributed by atoms with E-state index >= 15 is 0 Å². The Labute approximate surface area is 104 Å². The molecule has 0 aromatic carbocycles. The highest BCUT2D eigenvalue weighted by molar-refractivity contribution is 7.09. The van der Waals surface area contributed by atoms with Gasteiger partial charge < -0.3 is 11.1 Å². The first-order valence-corrected chi connectivity index (χ1v) is 5.77. The van der Waals surface area contributed by atoms with Crippen molar-refractivity contribution in [3.8, 4) is 0 Å². The van der Waals surface area contributed by atoms with E-state index in [1.165, 1.54) is 5.38 Å². The van der Waals surface area contributed by atoms with Gasteiger partial charge in [-0.1, -0.05) is 0 Å². The number of rotatable bonds is 5. The Morgan fingerprint density at radius 1 is 1.61 bits per heavy atom. The minimum absolute atomic E-state index is 0.114. The molecule has 1 rings (SSSR count). The van der Waals surface area contributed by atoms with Gasteiger partial charge >= 0.3 is 12.3 Å². The van der Waals surface area contributed by atoms with Crippen LogP contribution in [-0.4, -0.2) is 29.8 Å². The molecule has 1 aromatic heterocycles. The molecule has 0 aliphatic heterocycles. The van der Waals surface area contributed by atoms with Gasteiger partial charge in [0.15, 0.2) is 0 Å². The maximum atomic E-state index is 12.6. The highest BCUT2D eigenvalue weighted by Crippen LogP contribution is 2.22. The fourth-order valence-electron chi connectivity index (χ4n) is 0.967. The predicted octanol–water partition coefficient (Wildman–Crippen LogP) is 1.79. The number of amides is 1. The summed E-state index contributed by atoms with van der Waals surface area (Å²) >= 11 is 1.09. The third kappa shape index (κ3) is 3.64. The van der Waals surface area contributed by atoms with Crippen LogP contribution < -0.4 is 11.1 Å². The van der Waals surface area contributed by atoms with Crippen molar-refractivity contribution in [3.63, 3.8) is 0 Å². The number of nitrogens with two attached hydrogens (primary N) is 1. The van der Waals surface area contributed by atoms with Crippen LogP contribution in [0.5, 0.6) is 0 Å². The lowest BCUT2D eigenvalue weighted by atomic mass is 10.3. The second-order valence-corrected chi connectivity index (χ2v) is 4.49. The van der Waals surface area contributed by atoms with Crippen LogP contribution in [0.4, 0.5) is 17.6 Å². The van der Waals surface area contributed by atoms with Crippen molar-refractivity contribution in [2.24, 2.45) is 5.73 Å². The predicted molar refractivity (Wildman–Crippen MR) is 58.0 cm³/mol. The first kappa shape index (κ1) is 14.8. The molecule has 1 atom stereocenters. The van der Waals surface area contributed by atoms with Gasteiger partial charge in [0.05, 0.1) is 12.6 Å². The van der Waals surface area contributed by atoms with Gasteiger partial charge in [0.1, 0.15) is 10.7 Å². The van der Waals surface area contributed by atoms with E-state index in [0.717, 1.165) is 11.3 Å². The Balaban J connectivity index is 2.60. The lowest BCUT2D eigenvalue weighted by molar-refractivity contribution is -0.123. The van der Waals surface area contributed by atoms with Crippen molar-refractivity contribution in [2.45, 2.75) is 25.3 Å². The molecule has 4 nitrogen and oxygen atoms in total. The number of aromatic nitrogens is 1. The number of halogens is 4. The second-order valence-electron chi connectivity index (χ2n) is 3.60. The van der Waals surface area contributed by atoms with Crippen molar-refractivity contribution in [1.29, 1.82) is 0 Å². The molecule has 1 amide bonds. The molecule has 1 heterocycles. The van der Waals surface area contributed by atoms with Crippen LogP contribution in [0, 0.1) is 0 Å². The monoisotopic (exact) mass is 285 g/mol. The summed E-state index contributed by atoms with van der Waals surface area (Å²) < 4.78 is 48.8. The van der Waals surface area contributed by atoms with Gasteiger partial charge in [0, 0.05) is 5.38 Å². The zero-order valence-electron chi connectivity index (χ0n) is 9.29. The molecule has 0 saturated carbocycles. The van der Waals surface area contributed by atoms with E-state index in [-0.39, 0.29) is 11.7 Å². The van der Waals surface area contributed by atoms with Gasteiger partial charge in [-0.2, -0.15) is 8.78 Å². The number of hydrogen-bond donors (Lipinski definition) is 2. The molecule has 1 unspecified atom stereocenters. The molecular formula is C9H11F4N3OS. The SMILES string of the molecule is CC(N)c1nc(C(=O)NCC(F)(F)C(F)F)cs1. The fourth-order valence-corrected chi connectivity index (χ4v) is 1.72. The highest BCUT2D eigenvalue weighted by Gasteiger charge is 2.40. The quantitative estimate of drug-likeness (QED) is 0.810. The Morgan fingerprint density at radius 3 is 2.67 bits per heavy atom. The fraction of sp³-hybridized carbons (Fsp3) is 0.556. The summed E-state index contributed by atoms with van der Waals surface area (Å²) in [5.74, 6) is -5.19. The molecule has 9 heteroatoms. The lowest BCUT2D eigenvalue weighted by Crippen LogP contribution is -2.41. The maximum absolute atomic E-state index is 12.6. The van der Waals surface area contributed by atoms with Gasteiger partial charge in [-0.25, -0.2) is 13.8 Å². The minimum Gasteiger partial charge on any atom is -0.344 e. The van der Waals surface area contributed by atoms with Gasteiger partial charge in [-0.05, 0) is 6.92 Å². The Bertz CT molecular complexity index is 422. The van der Waals surface area contributed by atoms with Gasteiger partial charge in [-0.15, -0.1) is 11.3 Å². The van der Waals surface area contributed by atoms with Crippen molar-refractivity contribution in [2.75, 3.05) is 6.54 Å². The zero-order chi connectivity index (χ0) is 13.9. The number of hydrogen-bond acceptors (Lipinski definition) is 4. The maximum Gasteiger partial charge on any atom is 0.324 e. The van der Waals surface area contributed by atoms with Crippen LogP contribution in [0.3, 0.4) is 0 Å². The van der Waals surface area contributed by atoms with Gasteiger partial charge in [-0.3, -0.25) is 4.79 Å². The Morgan fingerprint density at radius 2 is 2.22 bits per heavy atom. The first-order chi connectivity index (χ1) is 8.24. The number of nitrogens with zero attached hydrogens (tertiary/aromatic N) is 1. The van der Waals surface area contributed by atoms with Gasteiger partial charge in [0.25, 0.3) is 5.91 Å². The molecule has 0 fully saturated rings. The lowest BCUT2D eigenvalue weighted by Gasteiger charge is -2.15. The molecule has 0 spiro atoms. The molecule has 0 bridgehead atoms. The van der Waals surface area contributed by atoms with Crippen molar-refractivity contribution in [1.82, 2.24) is 10.3 Å². The van der Waals surface area contributed by atoms with Crippen LogP contribution in [-0.2, 0) is 0 Å². The van der Waals surface area contributed by atoms with E-state index in [2.05, 4.69) is 4.98 Å². The molecule has 0 aliphatic carbocycles. The van der Waals surface area contributed by atoms with E-state index in [9.17, 15) is 22.4 Å². The highest BCUT2D eigenvalue weighted by atomic mass is 32.1. The molecule has 18 heavy (non-hydrogen) atoms. The molecule has 0 radical (unpaired) electrons. The summed E-state index contributed by atoms with van der Waals surface area (Å²) in [5.41, 5.74) is 5.39. The van der Waals surface area contributed by atoms with E-state index in [1.807, 2.05) is 0 Å². The molecular weight excluding hydrogens is 274 g/mol. The van der Waals surface area contributed by atoms with Crippen LogP contribution in [0.2, 0.25) is 0 Å². The number of thiazole rings is 1. The van der Waals surface area contributed by atoms with Crippen molar-refractivity contribution < 1.29 is 22.4 Å². The molecule has 0 saturated heterocycles. The summed E-state index contributed by atoms with van der Waals surface area (Å²) in [4.78, 5) is 15.2. The third-order valence-corrected chi connectivity index (χ3v) is 2.99. The van der Waals surface area contributed by atoms with E-state index in [1.54, 1.807) is 12.2 Å². The normalized spacial score (nSPS) is 13.7. The topological polar surface area (TPSA) is 68.0 Å². The van der Waals surface area contributed by atoms with Gasteiger partial charge in [0.2, 0.25) is 0 Å². The number of carbonyl (C=O) groups excluding carboxylic acids is 1. The number of carbonyl (C=O) groups is 1. The summed E-state index contributed by atoms with van der Waals surface area (Å²) in [7, 11) is 0. The molecule has 3 N–H and O–H groups in total. The summed E-state index contributed by atoms with van der Waals surface area (Å²) in [5, 5.41) is 3.49. The van der Waals surface area contributed by atoms with E-state index in [0.29, 0.717) is 5.01 Å². The minimum atomic E-state index is -4.25. The van der Waals surface area contributed by atoms with Crippen LogP contribution in [0.15, 0.2) is 5.38 Å². The average Bonchev–Trinajstić information content (AvgIpc) is 2.75. The Kier molecular flexibility index (Phi) is 4.63. The van der Waals surface area contributed by atoms with E-state index < -0.39 is 24.8 Å². The summed E-state index contributed by atoms with van der Waals surface area (Å²) in [6, 6.07) is -0.390. The smallest absolute Gasteiger partial charge is 0.324 e. The van der Waals surface area contributed by atoms with E-state index in [4.69, 9.17) is 5.73 Å². The van der Waals surface area contributed by atoms with Crippen LogP contribution >= 0.6 is 11.3 Å².